The fourth-order valence-electron chi connectivity index (χ4n) is 2.00. The number of amides is 2. The van der Waals surface area contributed by atoms with Crippen LogP contribution in [0.15, 0.2) is 40.9 Å². The Morgan fingerprint density at radius 3 is 2.59 bits per heavy atom. The summed E-state index contributed by atoms with van der Waals surface area (Å²) in [7, 11) is 0. The highest BCUT2D eigenvalue weighted by molar-refractivity contribution is 9.10. The third-order valence-electron chi connectivity index (χ3n) is 3.12. The highest BCUT2D eigenvalue weighted by Crippen LogP contribution is 2.22. The van der Waals surface area contributed by atoms with Gasteiger partial charge in [-0.1, -0.05) is 34.1 Å². The van der Waals surface area contributed by atoms with Crippen molar-refractivity contribution in [2.45, 2.75) is 19.9 Å². The minimum atomic E-state index is -0.221. The first-order chi connectivity index (χ1) is 10.5. The van der Waals surface area contributed by atoms with E-state index in [1.165, 1.54) is 11.3 Å². The summed E-state index contributed by atoms with van der Waals surface area (Å²) >= 11 is 4.87. The number of hydrogen-bond donors (Lipinski definition) is 2. The van der Waals surface area contributed by atoms with Crippen molar-refractivity contribution in [2.24, 2.45) is 0 Å². The molecule has 0 aliphatic rings. The second-order valence-electron chi connectivity index (χ2n) is 4.90. The smallest absolute Gasteiger partial charge is 0.261 e. The van der Waals surface area contributed by atoms with Crippen LogP contribution in [0.2, 0.25) is 0 Å². The van der Waals surface area contributed by atoms with Crippen LogP contribution in [0.4, 0.5) is 0 Å². The van der Waals surface area contributed by atoms with Gasteiger partial charge in [-0.15, -0.1) is 11.3 Å². The molecule has 2 aromatic rings. The van der Waals surface area contributed by atoms with E-state index in [1.54, 1.807) is 6.07 Å². The van der Waals surface area contributed by atoms with Crippen molar-refractivity contribution in [3.05, 3.63) is 56.2 Å². The number of rotatable bonds is 5. The van der Waals surface area contributed by atoms with Gasteiger partial charge in [-0.25, -0.2) is 0 Å². The first kappa shape index (κ1) is 16.7. The Morgan fingerprint density at radius 2 is 1.95 bits per heavy atom. The lowest BCUT2D eigenvalue weighted by atomic mass is 10.1. The van der Waals surface area contributed by atoms with Crippen LogP contribution in [0.25, 0.3) is 0 Å². The van der Waals surface area contributed by atoms with Crippen LogP contribution in [-0.4, -0.2) is 18.4 Å². The Labute approximate surface area is 142 Å². The largest absolute Gasteiger partial charge is 0.348 e. The van der Waals surface area contributed by atoms with Crippen LogP contribution >= 0.6 is 27.3 Å². The van der Waals surface area contributed by atoms with Gasteiger partial charge in [0, 0.05) is 9.35 Å². The number of nitrogens with one attached hydrogen (secondary N) is 2. The zero-order chi connectivity index (χ0) is 16.1. The summed E-state index contributed by atoms with van der Waals surface area (Å²) in [6, 6.07) is 11.2. The number of aryl methyl sites for hydroxylation is 1. The maximum atomic E-state index is 11.9. The summed E-state index contributed by atoms with van der Waals surface area (Å²) in [6.07, 6.45) is 0. The number of thiophene rings is 1. The summed E-state index contributed by atoms with van der Waals surface area (Å²) in [4.78, 5) is 25.5. The van der Waals surface area contributed by atoms with Gasteiger partial charge in [0.2, 0.25) is 5.91 Å². The third kappa shape index (κ3) is 4.42. The molecule has 0 radical (unpaired) electrons. The molecule has 116 valence electrons. The van der Waals surface area contributed by atoms with Gasteiger partial charge >= 0.3 is 0 Å². The molecule has 0 unspecified atom stereocenters. The van der Waals surface area contributed by atoms with Gasteiger partial charge in [0.25, 0.3) is 5.91 Å². The predicted molar refractivity (Wildman–Crippen MR) is 92.1 cm³/mol. The van der Waals surface area contributed by atoms with Crippen LogP contribution in [0.3, 0.4) is 0 Å². The number of carbonyl (C=O) groups excluding carboxylic acids is 2. The second kappa shape index (κ2) is 7.56. The molecule has 6 heteroatoms. The first-order valence-electron chi connectivity index (χ1n) is 6.86. The van der Waals surface area contributed by atoms with Gasteiger partial charge in [-0.2, -0.15) is 0 Å². The van der Waals surface area contributed by atoms with E-state index >= 15 is 0 Å². The highest BCUT2D eigenvalue weighted by Gasteiger charge is 2.14. The first-order valence-corrected chi connectivity index (χ1v) is 8.46. The van der Waals surface area contributed by atoms with Crippen molar-refractivity contribution >= 4 is 39.1 Å². The minimum absolute atomic E-state index is 0.0371. The Hall–Kier alpha value is -1.66. The van der Waals surface area contributed by atoms with Crippen molar-refractivity contribution in [3.8, 4) is 0 Å². The predicted octanol–water partition coefficient (Wildman–Crippen LogP) is 3.43. The summed E-state index contributed by atoms with van der Waals surface area (Å²) < 4.78 is 0.945. The molecule has 2 amide bonds. The minimum Gasteiger partial charge on any atom is -0.348 e. The van der Waals surface area contributed by atoms with Crippen LogP contribution in [0, 0.1) is 6.92 Å². The summed E-state index contributed by atoms with van der Waals surface area (Å²) in [5, 5.41) is 5.50. The van der Waals surface area contributed by atoms with Gasteiger partial charge in [-0.3, -0.25) is 9.59 Å². The molecule has 1 aromatic carbocycles. The zero-order valence-corrected chi connectivity index (χ0v) is 14.8. The number of carbonyl (C=O) groups is 2. The summed E-state index contributed by atoms with van der Waals surface area (Å²) in [5.41, 5.74) is 0.996. The van der Waals surface area contributed by atoms with Gasteiger partial charge < -0.3 is 10.6 Å². The lowest BCUT2D eigenvalue weighted by Gasteiger charge is -2.16. The van der Waals surface area contributed by atoms with Crippen LogP contribution in [0.5, 0.6) is 0 Å². The van der Waals surface area contributed by atoms with E-state index in [-0.39, 0.29) is 24.4 Å². The molecule has 0 spiro atoms. The Morgan fingerprint density at radius 1 is 1.23 bits per heavy atom. The fraction of sp³-hybridized carbons (Fsp3) is 0.250. The summed E-state index contributed by atoms with van der Waals surface area (Å²) in [6.45, 7) is 3.81. The van der Waals surface area contributed by atoms with Crippen LogP contribution < -0.4 is 10.6 Å². The molecule has 1 heterocycles. The van der Waals surface area contributed by atoms with Crippen LogP contribution in [0.1, 0.15) is 33.1 Å². The van der Waals surface area contributed by atoms with Gasteiger partial charge in [0.1, 0.15) is 0 Å². The van der Waals surface area contributed by atoms with E-state index < -0.39 is 0 Å². The molecular formula is C16H17BrN2O2S. The average Bonchev–Trinajstić information content (AvgIpc) is 2.91. The normalized spacial score (nSPS) is 11.8. The number of hydrogen-bond acceptors (Lipinski definition) is 3. The topological polar surface area (TPSA) is 58.2 Å². The van der Waals surface area contributed by atoms with E-state index in [0.717, 1.165) is 14.9 Å². The third-order valence-corrected chi connectivity index (χ3v) is 4.84. The average molecular weight is 381 g/mol. The SMILES string of the molecule is Cc1ccc(C(=O)NCC(=O)N[C@@H](C)c2ccccc2Br)s1. The standard InChI is InChI=1S/C16H17BrN2O2S/c1-10-7-8-14(22-10)16(21)18-9-15(20)19-11(2)12-5-3-4-6-13(12)17/h3-8,11H,9H2,1-2H3,(H,18,21)(H,19,20)/t11-/m0/s1. The lowest BCUT2D eigenvalue weighted by molar-refractivity contribution is -0.120. The number of benzene rings is 1. The Bertz CT molecular complexity index is 684. The van der Waals surface area contributed by atoms with Crippen molar-refractivity contribution in [2.75, 3.05) is 6.54 Å². The van der Waals surface area contributed by atoms with E-state index in [0.29, 0.717) is 4.88 Å². The number of halogens is 1. The molecule has 0 aliphatic heterocycles. The van der Waals surface area contributed by atoms with Crippen molar-refractivity contribution < 1.29 is 9.59 Å². The highest BCUT2D eigenvalue weighted by atomic mass is 79.9. The second-order valence-corrected chi connectivity index (χ2v) is 7.05. The fourth-order valence-corrected chi connectivity index (χ4v) is 3.41. The molecule has 1 aromatic heterocycles. The molecule has 0 fully saturated rings. The van der Waals surface area contributed by atoms with Gasteiger partial charge in [0.05, 0.1) is 17.5 Å². The van der Waals surface area contributed by atoms with E-state index in [1.807, 2.05) is 44.2 Å². The van der Waals surface area contributed by atoms with Crippen molar-refractivity contribution in [3.63, 3.8) is 0 Å². The quantitative estimate of drug-likeness (QED) is 0.834. The van der Waals surface area contributed by atoms with Gasteiger partial charge in [-0.05, 0) is 37.6 Å². The summed E-state index contributed by atoms with van der Waals surface area (Å²) in [5.74, 6) is -0.438. The van der Waals surface area contributed by atoms with Crippen molar-refractivity contribution in [1.82, 2.24) is 10.6 Å². The lowest BCUT2D eigenvalue weighted by Crippen LogP contribution is -2.37. The van der Waals surface area contributed by atoms with Gasteiger partial charge in [0.15, 0.2) is 0 Å². The maximum absolute atomic E-state index is 11.9. The molecule has 0 aliphatic carbocycles. The van der Waals surface area contributed by atoms with Crippen LogP contribution in [-0.2, 0) is 4.79 Å². The molecule has 4 nitrogen and oxygen atoms in total. The zero-order valence-electron chi connectivity index (χ0n) is 12.4. The molecule has 2 rings (SSSR count). The molecule has 22 heavy (non-hydrogen) atoms. The Kier molecular flexibility index (Phi) is 5.74. The Balaban J connectivity index is 1.85. The van der Waals surface area contributed by atoms with Crippen molar-refractivity contribution in [1.29, 1.82) is 0 Å². The molecule has 1 atom stereocenters. The molecule has 2 N–H and O–H groups in total. The molecule has 0 bridgehead atoms. The van der Waals surface area contributed by atoms with E-state index in [9.17, 15) is 9.59 Å². The molecule has 0 saturated heterocycles. The van der Waals surface area contributed by atoms with E-state index in [2.05, 4.69) is 26.6 Å². The maximum Gasteiger partial charge on any atom is 0.261 e. The monoisotopic (exact) mass is 380 g/mol. The molecule has 0 saturated carbocycles. The van der Waals surface area contributed by atoms with E-state index in [4.69, 9.17) is 0 Å². The molecular weight excluding hydrogens is 364 g/mol.